The number of hydrogen-bond donors (Lipinski definition) is 0. The Labute approximate surface area is 192 Å². The number of rotatable bonds is 4. The molecule has 2 heterocycles. The zero-order valence-electron chi connectivity index (χ0n) is 17.0. The summed E-state index contributed by atoms with van der Waals surface area (Å²) in [6.45, 7) is 1.78. The van der Waals surface area contributed by atoms with E-state index in [0.29, 0.717) is 37.1 Å². The van der Waals surface area contributed by atoms with Gasteiger partial charge in [-0.1, -0.05) is 52.2 Å². The van der Waals surface area contributed by atoms with Crippen LogP contribution in [-0.4, -0.2) is 30.3 Å². The van der Waals surface area contributed by atoms with E-state index in [-0.39, 0.29) is 17.0 Å². The van der Waals surface area contributed by atoms with Crippen molar-refractivity contribution in [3.8, 4) is 23.6 Å². The molecule has 0 atom stereocenters. The molecule has 0 aliphatic carbocycles. The predicted molar refractivity (Wildman–Crippen MR) is 123 cm³/mol. The van der Waals surface area contributed by atoms with Gasteiger partial charge >= 0.3 is 0 Å². The lowest BCUT2D eigenvalue weighted by atomic mass is 10.1. The molecule has 4 rings (SSSR count). The molecule has 0 aliphatic heterocycles. The summed E-state index contributed by atoms with van der Waals surface area (Å²) in [5.41, 5.74) is 1.72. The number of amides is 1. The Bertz CT molecular complexity index is 1590. The Kier molecular flexibility index (Phi) is 5.77. The number of hydrogen-bond acceptors (Lipinski definition) is 6. The predicted octanol–water partition coefficient (Wildman–Crippen LogP) is 4.10. The summed E-state index contributed by atoms with van der Waals surface area (Å²) in [5, 5.41) is 4.43. The van der Waals surface area contributed by atoms with Crippen molar-refractivity contribution in [3.05, 3.63) is 63.6 Å². The molecule has 10 heteroatoms. The molecule has 1 amide bonds. The van der Waals surface area contributed by atoms with Gasteiger partial charge in [-0.2, -0.15) is 4.99 Å². The monoisotopic (exact) mass is 485 g/mol. The molecule has 0 N–H and O–H groups in total. The minimum Gasteiger partial charge on any atom is -0.360 e. The standard InChI is InChI=1S/C22H16ClN3O4S2/c1-4-11-26-17-10-9-14(32(3,28)29)12-18(17)31-22(26)24-21(27)19-13(2)30-25-20(19)15-7-5-6-8-16(15)23/h1,5-10,12H,11H2,2-3H3/b24-22+. The Morgan fingerprint density at radius 2 is 2.06 bits per heavy atom. The molecule has 0 unspecified atom stereocenters. The summed E-state index contributed by atoms with van der Waals surface area (Å²) in [7, 11) is -3.39. The van der Waals surface area contributed by atoms with Crippen LogP contribution < -0.4 is 4.80 Å². The van der Waals surface area contributed by atoms with Crippen molar-refractivity contribution in [2.24, 2.45) is 4.99 Å². The fourth-order valence-electron chi connectivity index (χ4n) is 3.22. The van der Waals surface area contributed by atoms with Gasteiger partial charge in [0.05, 0.1) is 26.7 Å². The molecular weight excluding hydrogens is 470 g/mol. The highest BCUT2D eigenvalue weighted by Gasteiger charge is 2.23. The van der Waals surface area contributed by atoms with Gasteiger partial charge in [-0.25, -0.2) is 8.42 Å². The topological polar surface area (TPSA) is 94.5 Å². The van der Waals surface area contributed by atoms with Gasteiger partial charge < -0.3 is 9.09 Å². The van der Waals surface area contributed by atoms with Crippen LogP contribution in [0.25, 0.3) is 21.5 Å². The molecule has 4 aromatic rings. The molecule has 0 saturated carbocycles. The van der Waals surface area contributed by atoms with Crippen molar-refractivity contribution < 1.29 is 17.7 Å². The normalized spacial score (nSPS) is 12.2. The van der Waals surface area contributed by atoms with E-state index in [9.17, 15) is 13.2 Å². The molecule has 32 heavy (non-hydrogen) atoms. The van der Waals surface area contributed by atoms with Crippen molar-refractivity contribution >= 4 is 48.9 Å². The molecule has 0 saturated heterocycles. The van der Waals surface area contributed by atoms with Gasteiger partial charge in [-0.3, -0.25) is 4.79 Å². The molecule has 0 spiro atoms. The van der Waals surface area contributed by atoms with E-state index in [1.807, 2.05) is 0 Å². The molecule has 0 bridgehead atoms. The van der Waals surface area contributed by atoms with E-state index in [1.165, 1.54) is 17.4 Å². The highest BCUT2D eigenvalue weighted by Crippen LogP contribution is 2.31. The van der Waals surface area contributed by atoms with Crippen LogP contribution in [0.2, 0.25) is 5.02 Å². The second-order valence-corrected chi connectivity index (χ2v) is 10.4. The quantitative estimate of drug-likeness (QED) is 0.406. The molecule has 162 valence electrons. The maximum Gasteiger partial charge on any atom is 0.285 e. The van der Waals surface area contributed by atoms with E-state index in [1.54, 1.807) is 47.9 Å². The van der Waals surface area contributed by atoms with Crippen molar-refractivity contribution in [1.82, 2.24) is 9.72 Å². The van der Waals surface area contributed by atoms with Gasteiger partial charge in [0.25, 0.3) is 5.91 Å². The average molecular weight is 486 g/mol. The Morgan fingerprint density at radius 1 is 1.31 bits per heavy atom. The van der Waals surface area contributed by atoms with Crippen molar-refractivity contribution in [1.29, 1.82) is 0 Å². The first-order chi connectivity index (χ1) is 15.2. The van der Waals surface area contributed by atoms with Gasteiger partial charge in [-0.15, -0.1) is 6.42 Å². The maximum absolute atomic E-state index is 13.2. The average Bonchev–Trinajstić information content (AvgIpc) is 3.28. The number of aromatic nitrogens is 2. The Morgan fingerprint density at radius 3 is 2.75 bits per heavy atom. The van der Waals surface area contributed by atoms with Crippen LogP contribution in [0.4, 0.5) is 0 Å². The number of nitrogens with zero attached hydrogens (tertiary/aromatic N) is 3. The number of aryl methyl sites for hydroxylation is 1. The lowest BCUT2D eigenvalue weighted by Crippen LogP contribution is -2.16. The SMILES string of the molecule is C#CCn1/c(=N\C(=O)c2c(-c3ccccc3Cl)noc2C)sc2cc(S(C)(=O)=O)ccc21. The maximum atomic E-state index is 13.2. The van der Waals surface area contributed by atoms with E-state index in [4.69, 9.17) is 22.5 Å². The van der Waals surface area contributed by atoms with E-state index >= 15 is 0 Å². The second-order valence-electron chi connectivity index (χ2n) is 6.94. The van der Waals surface area contributed by atoms with Gasteiger partial charge in [0.1, 0.15) is 17.0 Å². The summed E-state index contributed by atoms with van der Waals surface area (Å²) in [5.74, 6) is 2.28. The summed E-state index contributed by atoms with van der Waals surface area (Å²) in [6.07, 6.45) is 6.65. The second kappa shape index (κ2) is 8.39. The van der Waals surface area contributed by atoms with E-state index in [0.717, 1.165) is 6.26 Å². The van der Waals surface area contributed by atoms with Crippen molar-refractivity contribution in [3.63, 3.8) is 0 Å². The third-order valence-corrected chi connectivity index (χ3v) is 7.22. The highest BCUT2D eigenvalue weighted by atomic mass is 35.5. The summed E-state index contributed by atoms with van der Waals surface area (Å²) < 4.78 is 31.4. The fraction of sp³-hybridized carbons (Fsp3) is 0.136. The number of benzene rings is 2. The number of sulfone groups is 1. The lowest BCUT2D eigenvalue weighted by Gasteiger charge is -2.02. The van der Waals surface area contributed by atoms with E-state index < -0.39 is 15.7 Å². The molecule has 2 aromatic heterocycles. The van der Waals surface area contributed by atoms with Gasteiger partial charge in [0.2, 0.25) is 0 Å². The van der Waals surface area contributed by atoms with Crippen molar-refractivity contribution in [2.45, 2.75) is 18.4 Å². The zero-order valence-corrected chi connectivity index (χ0v) is 19.4. The number of fused-ring (bicyclic) bond motifs is 1. The summed E-state index contributed by atoms with van der Waals surface area (Å²) in [6, 6.07) is 11.7. The first kappa shape index (κ1) is 22.0. The van der Waals surface area contributed by atoms with Gasteiger partial charge in [0.15, 0.2) is 14.6 Å². The number of carbonyl (C=O) groups excluding carboxylic acids is 1. The lowest BCUT2D eigenvalue weighted by molar-refractivity contribution is 0.0997. The molecule has 0 aliphatic rings. The molecule has 2 aromatic carbocycles. The van der Waals surface area contributed by atoms with Crippen molar-refractivity contribution in [2.75, 3.05) is 6.26 Å². The minimum absolute atomic E-state index is 0.157. The van der Waals surface area contributed by atoms with Crippen LogP contribution >= 0.6 is 22.9 Å². The first-order valence-electron chi connectivity index (χ1n) is 9.28. The number of terminal acetylenes is 1. The number of halogens is 1. The third-order valence-electron chi connectivity index (χ3n) is 4.73. The van der Waals surface area contributed by atoms with Crippen LogP contribution in [0.5, 0.6) is 0 Å². The Balaban J connectivity index is 1.90. The third kappa shape index (κ3) is 4.00. The van der Waals surface area contributed by atoms with Crippen LogP contribution in [0.15, 0.2) is 56.9 Å². The number of thiazole rings is 1. The minimum atomic E-state index is -3.39. The molecule has 0 fully saturated rings. The first-order valence-corrected chi connectivity index (χ1v) is 12.4. The van der Waals surface area contributed by atoms with Crippen LogP contribution in [0.1, 0.15) is 16.1 Å². The Hall–Kier alpha value is -3.19. The molecular formula is C22H16ClN3O4S2. The van der Waals surface area contributed by atoms with Crippen LogP contribution in [0.3, 0.4) is 0 Å². The number of carbonyl (C=O) groups is 1. The zero-order chi connectivity index (χ0) is 23.0. The molecule has 7 nitrogen and oxygen atoms in total. The van der Waals surface area contributed by atoms with Crippen LogP contribution in [0, 0.1) is 19.3 Å². The van der Waals surface area contributed by atoms with Gasteiger partial charge in [0, 0.05) is 11.8 Å². The van der Waals surface area contributed by atoms with Crippen LogP contribution in [-0.2, 0) is 16.4 Å². The van der Waals surface area contributed by atoms with E-state index in [2.05, 4.69) is 16.1 Å². The highest BCUT2D eigenvalue weighted by molar-refractivity contribution is 7.90. The smallest absolute Gasteiger partial charge is 0.285 e. The largest absolute Gasteiger partial charge is 0.360 e. The summed E-state index contributed by atoms with van der Waals surface area (Å²) >= 11 is 7.45. The summed E-state index contributed by atoms with van der Waals surface area (Å²) in [4.78, 5) is 18.0. The van der Waals surface area contributed by atoms with Gasteiger partial charge in [-0.05, 0) is 31.2 Å². The molecule has 0 radical (unpaired) electrons. The fourth-order valence-corrected chi connectivity index (χ4v) is 5.23.